The smallest absolute Gasteiger partial charge is 0.330 e. The summed E-state index contributed by atoms with van der Waals surface area (Å²) in [6.07, 6.45) is 0.895. The average Bonchev–Trinajstić information content (AvgIpc) is 2.69. The van der Waals surface area contributed by atoms with Crippen molar-refractivity contribution in [1.82, 2.24) is 15.1 Å². The molecule has 1 aromatic carbocycles. The maximum absolute atomic E-state index is 12.4. The Morgan fingerprint density at radius 3 is 2.68 bits per heavy atom. The minimum absolute atomic E-state index is 0.316. The first kappa shape index (κ1) is 16.3. The van der Waals surface area contributed by atoms with Gasteiger partial charge in [0, 0.05) is 19.6 Å². The first-order valence-corrected chi connectivity index (χ1v) is 7.50. The van der Waals surface area contributed by atoms with Gasteiger partial charge in [-0.1, -0.05) is 29.8 Å². The molecule has 2 rings (SSSR count). The predicted molar refractivity (Wildman–Crippen MR) is 83.8 cm³/mol. The second kappa shape index (κ2) is 7.26. The van der Waals surface area contributed by atoms with Crippen molar-refractivity contribution in [2.75, 3.05) is 33.2 Å². The number of aliphatic carboxylic acids is 1. The quantitative estimate of drug-likeness (QED) is 0.887. The Kier molecular flexibility index (Phi) is 5.38. The van der Waals surface area contributed by atoms with E-state index in [0.717, 1.165) is 25.1 Å². The van der Waals surface area contributed by atoms with Gasteiger partial charge >= 0.3 is 12.0 Å². The maximum Gasteiger partial charge on any atom is 0.330 e. The fourth-order valence-corrected chi connectivity index (χ4v) is 2.60. The van der Waals surface area contributed by atoms with Gasteiger partial charge in [-0.05, 0) is 32.5 Å². The lowest BCUT2D eigenvalue weighted by Gasteiger charge is -2.24. The largest absolute Gasteiger partial charge is 0.479 e. The molecule has 1 aliphatic rings. The summed E-state index contributed by atoms with van der Waals surface area (Å²) in [6.45, 7) is 4.91. The van der Waals surface area contributed by atoms with Crippen molar-refractivity contribution < 1.29 is 14.7 Å². The van der Waals surface area contributed by atoms with Gasteiger partial charge in [0.15, 0.2) is 6.04 Å². The molecule has 0 aromatic heterocycles. The second-order valence-corrected chi connectivity index (χ2v) is 5.78. The van der Waals surface area contributed by atoms with E-state index in [1.165, 1.54) is 0 Å². The normalized spacial score (nSPS) is 17.6. The van der Waals surface area contributed by atoms with Gasteiger partial charge in [-0.2, -0.15) is 0 Å². The summed E-state index contributed by atoms with van der Waals surface area (Å²) in [6, 6.07) is 5.87. The number of amides is 2. The van der Waals surface area contributed by atoms with Crippen molar-refractivity contribution >= 4 is 12.0 Å². The van der Waals surface area contributed by atoms with Gasteiger partial charge in [-0.3, -0.25) is 0 Å². The minimum Gasteiger partial charge on any atom is -0.479 e. The van der Waals surface area contributed by atoms with Crippen molar-refractivity contribution in [3.8, 4) is 0 Å². The SMILES string of the molecule is Cc1cccc([C@@H](NC(=O)N2CCCN(C)CC2)C(=O)O)c1. The van der Waals surface area contributed by atoms with Crippen molar-refractivity contribution in [2.24, 2.45) is 0 Å². The van der Waals surface area contributed by atoms with Crippen LogP contribution in [0.1, 0.15) is 23.6 Å². The summed E-state index contributed by atoms with van der Waals surface area (Å²) < 4.78 is 0. The lowest BCUT2D eigenvalue weighted by Crippen LogP contribution is -2.45. The molecule has 0 bridgehead atoms. The number of rotatable bonds is 3. The van der Waals surface area contributed by atoms with Crippen LogP contribution < -0.4 is 5.32 Å². The molecule has 6 nitrogen and oxygen atoms in total. The maximum atomic E-state index is 12.4. The lowest BCUT2D eigenvalue weighted by atomic mass is 10.0. The summed E-state index contributed by atoms with van der Waals surface area (Å²) in [4.78, 5) is 27.7. The average molecular weight is 305 g/mol. The Morgan fingerprint density at radius 2 is 2.00 bits per heavy atom. The zero-order valence-corrected chi connectivity index (χ0v) is 13.1. The number of carboxylic acids is 1. The number of likely N-dealkylation sites (N-methyl/N-ethyl adjacent to an activating group) is 1. The van der Waals surface area contributed by atoms with Crippen molar-refractivity contribution in [3.63, 3.8) is 0 Å². The van der Waals surface area contributed by atoms with Crippen molar-refractivity contribution in [3.05, 3.63) is 35.4 Å². The third-order valence-electron chi connectivity index (χ3n) is 3.90. The fourth-order valence-electron chi connectivity index (χ4n) is 2.60. The molecule has 1 heterocycles. The summed E-state index contributed by atoms with van der Waals surface area (Å²) in [5.74, 6) is -1.05. The van der Waals surface area contributed by atoms with E-state index in [1.54, 1.807) is 23.1 Å². The number of hydrogen-bond acceptors (Lipinski definition) is 3. The van der Waals surface area contributed by atoms with Crippen LogP contribution in [0.4, 0.5) is 4.79 Å². The van der Waals surface area contributed by atoms with Crippen LogP contribution in [0, 0.1) is 6.92 Å². The molecule has 6 heteroatoms. The predicted octanol–water partition coefficient (Wildman–Crippen LogP) is 1.47. The van der Waals surface area contributed by atoms with Gasteiger partial charge in [-0.15, -0.1) is 0 Å². The van der Waals surface area contributed by atoms with Gasteiger partial charge in [-0.25, -0.2) is 9.59 Å². The second-order valence-electron chi connectivity index (χ2n) is 5.78. The van der Waals surface area contributed by atoms with E-state index in [2.05, 4.69) is 10.2 Å². The van der Waals surface area contributed by atoms with Gasteiger partial charge in [0.1, 0.15) is 0 Å². The number of nitrogens with one attached hydrogen (secondary N) is 1. The van der Waals surface area contributed by atoms with E-state index in [4.69, 9.17) is 0 Å². The van der Waals surface area contributed by atoms with Crippen LogP contribution in [-0.2, 0) is 4.79 Å². The van der Waals surface area contributed by atoms with Crippen LogP contribution in [0.25, 0.3) is 0 Å². The van der Waals surface area contributed by atoms with Crippen LogP contribution in [0.5, 0.6) is 0 Å². The van der Waals surface area contributed by atoms with Crippen LogP contribution in [0.15, 0.2) is 24.3 Å². The lowest BCUT2D eigenvalue weighted by molar-refractivity contribution is -0.139. The molecule has 0 aliphatic carbocycles. The Hall–Kier alpha value is -2.08. The van der Waals surface area contributed by atoms with Crippen LogP contribution >= 0.6 is 0 Å². The van der Waals surface area contributed by atoms with E-state index >= 15 is 0 Å². The van der Waals surface area contributed by atoms with E-state index < -0.39 is 12.0 Å². The summed E-state index contributed by atoms with van der Waals surface area (Å²) in [5, 5.41) is 12.1. The fraction of sp³-hybridized carbons (Fsp3) is 0.500. The van der Waals surface area contributed by atoms with E-state index in [-0.39, 0.29) is 6.03 Å². The van der Waals surface area contributed by atoms with Crippen LogP contribution in [-0.4, -0.2) is 60.1 Å². The Balaban J connectivity index is 2.07. The Labute approximate surface area is 130 Å². The molecule has 1 atom stereocenters. The monoisotopic (exact) mass is 305 g/mol. The highest BCUT2D eigenvalue weighted by Gasteiger charge is 2.25. The molecule has 22 heavy (non-hydrogen) atoms. The first-order valence-electron chi connectivity index (χ1n) is 7.50. The molecule has 1 aromatic rings. The topological polar surface area (TPSA) is 72.9 Å². The molecule has 1 saturated heterocycles. The molecule has 2 N–H and O–H groups in total. The van der Waals surface area contributed by atoms with E-state index in [9.17, 15) is 14.7 Å². The number of benzene rings is 1. The van der Waals surface area contributed by atoms with E-state index in [1.807, 2.05) is 20.0 Å². The Morgan fingerprint density at radius 1 is 1.23 bits per heavy atom. The van der Waals surface area contributed by atoms with Crippen molar-refractivity contribution in [2.45, 2.75) is 19.4 Å². The standard InChI is InChI=1S/C16H23N3O3/c1-12-5-3-6-13(11-12)14(15(20)21)17-16(22)19-8-4-7-18(2)9-10-19/h3,5-6,11,14H,4,7-10H2,1-2H3,(H,17,22)(H,20,21)/t14-/m1/s1. The highest BCUT2D eigenvalue weighted by molar-refractivity contribution is 5.83. The van der Waals surface area contributed by atoms with Crippen molar-refractivity contribution in [1.29, 1.82) is 0 Å². The first-order chi connectivity index (χ1) is 10.5. The summed E-state index contributed by atoms with van der Waals surface area (Å²) in [5.41, 5.74) is 1.56. The van der Waals surface area contributed by atoms with Crippen LogP contribution in [0.3, 0.4) is 0 Å². The molecular formula is C16H23N3O3. The molecule has 1 aliphatic heterocycles. The third-order valence-corrected chi connectivity index (χ3v) is 3.90. The zero-order chi connectivity index (χ0) is 16.1. The molecular weight excluding hydrogens is 282 g/mol. The molecule has 0 spiro atoms. The number of aryl methyl sites for hydroxylation is 1. The van der Waals surface area contributed by atoms with Crippen LogP contribution in [0.2, 0.25) is 0 Å². The molecule has 0 unspecified atom stereocenters. The highest BCUT2D eigenvalue weighted by Crippen LogP contribution is 2.15. The molecule has 1 fully saturated rings. The van der Waals surface area contributed by atoms with Gasteiger partial charge < -0.3 is 20.2 Å². The number of carbonyl (C=O) groups is 2. The molecule has 0 saturated carbocycles. The number of hydrogen-bond donors (Lipinski definition) is 2. The molecule has 2 amide bonds. The Bertz CT molecular complexity index is 547. The zero-order valence-electron chi connectivity index (χ0n) is 13.1. The number of urea groups is 1. The highest BCUT2D eigenvalue weighted by atomic mass is 16.4. The number of carboxylic acid groups (broad SMARTS) is 1. The summed E-state index contributed by atoms with van der Waals surface area (Å²) in [7, 11) is 2.02. The van der Waals surface area contributed by atoms with Gasteiger partial charge in [0.05, 0.1) is 0 Å². The summed E-state index contributed by atoms with van der Waals surface area (Å²) >= 11 is 0. The number of nitrogens with zero attached hydrogens (tertiary/aromatic N) is 2. The third kappa shape index (κ3) is 4.21. The molecule has 120 valence electrons. The van der Waals surface area contributed by atoms with Gasteiger partial charge in [0.2, 0.25) is 0 Å². The molecule has 0 radical (unpaired) electrons. The minimum atomic E-state index is -1.05. The number of carbonyl (C=O) groups excluding carboxylic acids is 1. The van der Waals surface area contributed by atoms with Gasteiger partial charge in [0.25, 0.3) is 0 Å². The van der Waals surface area contributed by atoms with E-state index in [0.29, 0.717) is 18.7 Å².